The number of carbonyl (C=O) groups excluding carboxylic acids is 1. The summed E-state index contributed by atoms with van der Waals surface area (Å²) >= 11 is 0. The number of nitriles is 1. The molecule has 2 saturated carbocycles. The Labute approximate surface area is 228 Å². The fourth-order valence-electron chi connectivity index (χ4n) is 6.00. The van der Waals surface area contributed by atoms with E-state index in [-0.39, 0.29) is 29.4 Å². The highest BCUT2D eigenvalue weighted by molar-refractivity contribution is 5.91. The van der Waals surface area contributed by atoms with Gasteiger partial charge in [-0.2, -0.15) is 10.4 Å². The molecule has 9 nitrogen and oxygen atoms in total. The summed E-state index contributed by atoms with van der Waals surface area (Å²) in [5.74, 6) is -0.0883. The lowest BCUT2D eigenvalue weighted by Gasteiger charge is -2.36. The molecule has 0 saturated heterocycles. The molecule has 5 rings (SSSR count). The van der Waals surface area contributed by atoms with Gasteiger partial charge in [-0.05, 0) is 83.1 Å². The number of anilines is 2. The molecule has 1 aromatic carbocycles. The molecule has 206 valence electrons. The monoisotopic (exact) mass is 531 g/mol. The predicted molar refractivity (Wildman–Crippen MR) is 148 cm³/mol. The number of benzene rings is 1. The van der Waals surface area contributed by atoms with Crippen LogP contribution in [0.1, 0.15) is 83.7 Å². The number of aromatic amines is 1. The third kappa shape index (κ3) is 5.57. The van der Waals surface area contributed by atoms with Crippen LogP contribution in [0.4, 0.5) is 11.5 Å². The highest BCUT2D eigenvalue weighted by atomic mass is 16.6. The van der Waals surface area contributed by atoms with Gasteiger partial charge in [0.25, 0.3) is 5.56 Å². The van der Waals surface area contributed by atoms with Crippen LogP contribution < -0.4 is 10.9 Å². The van der Waals surface area contributed by atoms with Gasteiger partial charge in [0, 0.05) is 11.9 Å². The average molecular weight is 532 g/mol. The number of rotatable bonds is 5. The largest absolute Gasteiger partial charge is 0.460 e. The van der Waals surface area contributed by atoms with Crippen molar-refractivity contribution in [2.45, 2.75) is 89.4 Å². The molecule has 3 aromatic rings. The third-order valence-electron chi connectivity index (χ3n) is 8.08. The Morgan fingerprint density at radius 3 is 2.51 bits per heavy atom. The van der Waals surface area contributed by atoms with Crippen molar-refractivity contribution >= 4 is 28.4 Å². The van der Waals surface area contributed by atoms with Gasteiger partial charge in [-0.1, -0.05) is 25.0 Å². The van der Waals surface area contributed by atoms with E-state index in [2.05, 4.69) is 16.4 Å². The van der Waals surface area contributed by atoms with E-state index in [1.54, 1.807) is 6.20 Å². The Morgan fingerprint density at radius 1 is 1.15 bits per heavy atom. The number of carbonyl (C=O) groups is 1. The van der Waals surface area contributed by atoms with Crippen molar-refractivity contribution in [3.05, 3.63) is 52.4 Å². The number of nitrogens with zero attached hydrogens (tertiary/aromatic N) is 3. The lowest BCUT2D eigenvalue weighted by atomic mass is 9.75. The number of ether oxygens (including phenoxy) is 1. The Balaban J connectivity index is 1.34. The van der Waals surface area contributed by atoms with Crippen LogP contribution in [-0.4, -0.2) is 31.4 Å². The van der Waals surface area contributed by atoms with Crippen molar-refractivity contribution in [1.82, 2.24) is 14.8 Å². The maximum atomic E-state index is 12.8. The minimum atomic E-state index is -1.00. The number of hydrogen-bond acceptors (Lipinski definition) is 7. The smallest absolute Gasteiger partial charge is 0.309 e. The van der Waals surface area contributed by atoms with Crippen LogP contribution in [-0.2, 0) is 15.1 Å². The molecule has 0 aliphatic heterocycles. The molecular formula is C30H37N5O4. The first kappa shape index (κ1) is 26.9. The van der Waals surface area contributed by atoms with Gasteiger partial charge in [-0.3, -0.25) is 14.3 Å². The van der Waals surface area contributed by atoms with E-state index < -0.39 is 11.2 Å². The maximum Gasteiger partial charge on any atom is 0.309 e. The molecule has 39 heavy (non-hydrogen) atoms. The van der Waals surface area contributed by atoms with Crippen LogP contribution >= 0.6 is 0 Å². The first-order chi connectivity index (χ1) is 18.6. The van der Waals surface area contributed by atoms with Gasteiger partial charge in [0.15, 0.2) is 5.82 Å². The number of pyridine rings is 1. The first-order valence-corrected chi connectivity index (χ1v) is 13.9. The Morgan fingerprint density at radius 2 is 1.85 bits per heavy atom. The van der Waals surface area contributed by atoms with Gasteiger partial charge >= 0.3 is 5.97 Å². The zero-order valence-electron chi connectivity index (χ0n) is 22.9. The fourth-order valence-corrected chi connectivity index (χ4v) is 6.00. The number of H-pyrrole nitrogens is 1. The number of aromatic nitrogens is 3. The molecule has 3 N–H and O–H groups in total. The van der Waals surface area contributed by atoms with Crippen LogP contribution in [0.25, 0.3) is 10.9 Å². The van der Waals surface area contributed by atoms with E-state index in [0.29, 0.717) is 42.4 Å². The minimum absolute atomic E-state index is 0.0731. The van der Waals surface area contributed by atoms with Crippen molar-refractivity contribution in [2.75, 3.05) is 5.32 Å². The van der Waals surface area contributed by atoms with Crippen LogP contribution in [0.15, 0.2) is 41.3 Å². The Bertz CT molecular complexity index is 1440. The Kier molecular flexibility index (Phi) is 7.25. The maximum absolute atomic E-state index is 12.8. The zero-order valence-corrected chi connectivity index (χ0v) is 22.9. The molecule has 0 radical (unpaired) electrons. The second kappa shape index (κ2) is 10.5. The molecule has 1 unspecified atom stereocenters. The van der Waals surface area contributed by atoms with E-state index in [4.69, 9.17) is 9.84 Å². The molecule has 2 fully saturated rings. The van der Waals surface area contributed by atoms with Crippen LogP contribution in [0, 0.1) is 23.2 Å². The van der Waals surface area contributed by atoms with Gasteiger partial charge < -0.3 is 20.1 Å². The fraction of sp³-hybridized carbons (Fsp3) is 0.533. The Hall–Kier alpha value is -3.64. The topological polar surface area (TPSA) is 133 Å². The van der Waals surface area contributed by atoms with Crippen LogP contribution in [0.3, 0.4) is 0 Å². The highest BCUT2D eigenvalue weighted by Crippen LogP contribution is 2.41. The minimum Gasteiger partial charge on any atom is -0.460 e. The number of hydrogen-bond donors (Lipinski definition) is 3. The van der Waals surface area contributed by atoms with E-state index in [9.17, 15) is 20.0 Å². The predicted octanol–water partition coefficient (Wildman–Crippen LogP) is 5.44. The second-order valence-corrected chi connectivity index (χ2v) is 12.0. The van der Waals surface area contributed by atoms with E-state index in [1.165, 1.54) is 0 Å². The van der Waals surface area contributed by atoms with Gasteiger partial charge in [0.2, 0.25) is 0 Å². The summed E-state index contributed by atoms with van der Waals surface area (Å²) in [6.45, 7) is 5.59. The van der Waals surface area contributed by atoms with E-state index >= 15 is 0 Å². The van der Waals surface area contributed by atoms with E-state index in [0.717, 1.165) is 36.9 Å². The lowest BCUT2D eigenvalue weighted by molar-refractivity contribution is -0.163. The molecule has 9 heteroatoms. The van der Waals surface area contributed by atoms with Crippen molar-refractivity contribution in [3.63, 3.8) is 0 Å². The molecule has 0 amide bonds. The van der Waals surface area contributed by atoms with Gasteiger partial charge in [0.05, 0.1) is 35.1 Å². The third-order valence-corrected chi connectivity index (χ3v) is 8.08. The summed E-state index contributed by atoms with van der Waals surface area (Å²) in [5.41, 5.74) is 0.478. The lowest BCUT2D eigenvalue weighted by Crippen LogP contribution is -2.36. The van der Waals surface area contributed by atoms with Crippen LogP contribution in [0.2, 0.25) is 0 Å². The summed E-state index contributed by atoms with van der Waals surface area (Å²) in [6, 6.07) is 11.7. The molecular weight excluding hydrogens is 494 g/mol. The molecule has 2 aliphatic rings. The molecule has 2 atom stereocenters. The summed E-state index contributed by atoms with van der Waals surface area (Å²) in [5, 5.41) is 29.6. The summed E-state index contributed by atoms with van der Waals surface area (Å²) in [6.07, 6.45) is 7.46. The highest BCUT2D eigenvalue weighted by Gasteiger charge is 2.38. The summed E-state index contributed by atoms with van der Waals surface area (Å²) in [7, 11) is 0. The second-order valence-electron chi connectivity index (χ2n) is 12.0. The molecule has 2 aromatic heterocycles. The van der Waals surface area contributed by atoms with Gasteiger partial charge in [-0.25, -0.2) is 0 Å². The molecule has 2 aliphatic carbocycles. The summed E-state index contributed by atoms with van der Waals surface area (Å²) < 4.78 is 7.39. The number of fused-ring (bicyclic) bond motifs is 1. The summed E-state index contributed by atoms with van der Waals surface area (Å²) in [4.78, 5) is 28.0. The molecule has 2 heterocycles. The zero-order chi connectivity index (χ0) is 27.8. The van der Waals surface area contributed by atoms with Crippen molar-refractivity contribution in [2.24, 2.45) is 11.8 Å². The molecule has 0 spiro atoms. The van der Waals surface area contributed by atoms with Crippen molar-refractivity contribution in [1.29, 1.82) is 5.26 Å². The van der Waals surface area contributed by atoms with Crippen LogP contribution in [0.5, 0.6) is 0 Å². The van der Waals surface area contributed by atoms with Crippen molar-refractivity contribution < 1.29 is 14.6 Å². The number of aliphatic hydroxyl groups is 1. The standard InChI is InChI=1S/C30H37N5O4/c1-29(2,3)39-28(37)19-12-15-30(38,16-13-19)21-8-10-22(11-9-21)33-26-25-24(14-17-32-27(25)36)35(34-26)23-7-5-4-6-20(23)18-31/h8-11,14,17,19-20,23,38H,4-7,12-13,15-16H2,1-3H3,(H,32,36)(H,33,34)/t19?,20?,23-,30?/m0/s1. The van der Waals surface area contributed by atoms with Crippen molar-refractivity contribution in [3.8, 4) is 6.07 Å². The van der Waals surface area contributed by atoms with E-state index in [1.807, 2.05) is 55.8 Å². The first-order valence-electron chi connectivity index (χ1n) is 13.9. The molecule has 0 bridgehead atoms. The normalized spacial score (nSPS) is 25.7. The number of nitrogens with one attached hydrogen (secondary N) is 2. The average Bonchev–Trinajstić information content (AvgIpc) is 3.27. The number of esters is 1. The van der Waals surface area contributed by atoms with Gasteiger partial charge in [0.1, 0.15) is 11.0 Å². The van der Waals surface area contributed by atoms with Gasteiger partial charge in [-0.15, -0.1) is 0 Å². The quantitative estimate of drug-likeness (QED) is 0.373. The SMILES string of the molecule is CC(C)(C)OC(=O)C1CCC(O)(c2ccc(Nc3nn([C@H]4CCCCC4C#N)c4cc[nH]c(=O)c34)cc2)CC1.